The van der Waals surface area contributed by atoms with Crippen LogP contribution in [0.25, 0.3) is 22.3 Å². The van der Waals surface area contributed by atoms with Crippen LogP contribution in [-0.4, -0.2) is 5.04 Å². The number of para-hydroxylation sites is 1. The molecule has 0 amide bonds. The molecule has 0 fully saturated rings. The third-order valence-corrected chi connectivity index (χ3v) is 10.1. The van der Waals surface area contributed by atoms with Gasteiger partial charge in [0, 0.05) is 16.7 Å². The summed E-state index contributed by atoms with van der Waals surface area (Å²) >= 11 is 1.75. The quantitative estimate of drug-likeness (QED) is 0.230. The summed E-state index contributed by atoms with van der Waals surface area (Å²) < 4.78 is 6.68. The molecule has 204 valence electrons. The average Bonchev–Trinajstić information content (AvgIpc) is 3.68. The minimum absolute atomic E-state index is 0.134. The van der Waals surface area contributed by atoms with E-state index in [2.05, 4.69) is 150 Å². The van der Waals surface area contributed by atoms with Gasteiger partial charge in [-0.1, -0.05) is 145 Å². The van der Waals surface area contributed by atoms with Crippen molar-refractivity contribution < 1.29 is 4.74 Å². The van der Waals surface area contributed by atoms with Gasteiger partial charge in [-0.3, -0.25) is 5.43 Å². The first-order chi connectivity index (χ1) is 21.3. The minimum atomic E-state index is -0.431. The molecule has 6 aromatic carbocycles. The molecule has 0 radical (unpaired) electrons. The molecule has 2 aliphatic heterocycles. The molecule has 4 heteroatoms. The SMILES string of the molecule is c1ccc(C2NN=C(c3ccc(-c4ccc5c(c4)Oc4ccccc4C54c5ccccc5-c5ccccc54)cc3)S2)cc1. The van der Waals surface area contributed by atoms with Gasteiger partial charge in [0.1, 0.15) is 21.9 Å². The lowest BCUT2D eigenvalue weighted by Gasteiger charge is -2.39. The molecule has 3 aliphatic rings. The molecule has 2 heterocycles. The first-order valence-corrected chi connectivity index (χ1v) is 15.5. The highest BCUT2D eigenvalue weighted by molar-refractivity contribution is 8.14. The van der Waals surface area contributed by atoms with Crippen molar-refractivity contribution in [1.82, 2.24) is 5.43 Å². The van der Waals surface area contributed by atoms with Gasteiger partial charge in [0.2, 0.25) is 0 Å². The fourth-order valence-corrected chi connectivity index (χ4v) is 8.03. The summed E-state index contributed by atoms with van der Waals surface area (Å²) in [6.07, 6.45) is 0. The van der Waals surface area contributed by atoms with Crippen molar-refractivity contribution in [3.05, 3.63) is 179 Å². The average molecular weight is 571 g/mol. The summed E-state index contributed by atoms with van der Waals surface area (Å²) in [6.45, 7) is 0. The number of nitrogens with one attached hydrogen (secondary N) is 1. The molecule has 9 rings (SSSR count). The molecular weight excluding hydrogens is 545 g/mol. The summed E-state index contributed by atoms with van der Waals surface area (Å²) in [5.41, 5.74) is 15.0. The molecule has 1 unspecified atom stereocenters. The Morgan fingerprint density at radius 3 is 1.86 bits per heavy atom. The molecule has 0 aromatic heterocycles. The van der Waals surface area contributed by atoms with Gasteiger partial charge in [-0.05, 0) is 51.1 Å². The van der Waals surface area contributed by atoms with Crippen molar-refractivity contribution in [2.24, 2.45) is 5.10 Å². The van der Waals surface area contributed by atoms with Crippen LogP contribution in [0.2, 0.25) is 0 Å². The Morgan fingerprint density at radius 2 is 1.12 bits per heavy atom. The van der Waals surface area contributed by atoms with E-state index in [-0.39, 0.29) is 5.37 Å². The minimum Gasteiger partial charge on any atom is -0.457 e. The molecule has 0 bridgehead atoms. The highest BCUT2D eigenvalue weighted by Crippen LogP contribution is 2.62. The van der Waals surface area contributed by atoms with Gasteiger partial charge in [-0.2, -0.15) is 5.10 Å². The molecule has 0 saturated carbocycles. The standard InChI is InChI=1S/C39H26N2OS/c1-2-10-26(11-3-1)37-40-41-38(43-37)27-20-18-25(19-21-27)28-22-23-34-36(24-28)42-35-17-9-8-16-33(35)39(34)31-14-6-4-12-29(31)30-13-5-7-15-32(30)39/h1-24,37,40H. The highest BCUT2D eigenvalue weighted by Gasteiger charge is 2.50. The van der Waals surface area contributed by atoms with Crippen LogP contribution in [0.3, 0.4) is 0 Å². The van der Waals surface area contributed by atoms with Crippen LogP contribution in [0.1, 0.15) is 38.8 Å². The van der Waals surface area contributed by atoms with Gasteiger partial charge < -0.3 is 4.74 Å². The number of ether oxygens (including phenoxy) is 1. The largest absolute Gasteiger partial charge is 0.457 e. The fourth-order valence-electron chi connectivity index (χ4n) is 7.03. The molecule has 43 heavy (non-hydrogen) atoms. The van der Waals surface area contributed by atoms with Crippen molar-refractivity contribution in [3.63, 3.8) is 0 Å². The summed E-state index contributed by atoms with van der Waals surface area (Å²) in [4.78, 5) is 0. The van der Waals surface area contributed by atoms with E-state index in [9.17, 15) is 0 Å². The van der Waals surface area contributed by atoms with Crippen molar-refractivity contribution in [2.75, 3.05) is 0 Å². The Balaban J connectivity index is 1.12. The van der Waals surface area contributed by atoms with Crippen LogP contribution in [0.15, 0.2) is 151 Å². The van der Waals surface area contributed by atoms with E-state index in [1.54, 1.807) is 11.8 Å². The van der Waals surface area contributed by atoms with E-state index in [4.69, 9.17) is 4.74 Å². The Labute approximate surface area is 254 Å². The van der Waals surface area contributed by atoms with Crippen molar-refractivity contribution in [1.29, 1.82) is 0 Å². The van der Waals surface area contributed by atoms with E-state index in [1.807, 2.05) is 6.07 Å². The normalized spacial score (nSPS) is 16.7. The monoisotopic (exact) mass is 570 g/mol. The van der Waals surface area contributed by atoms with Crippen LogP contribution in [0, 0.1) is 0 Å². The number of benzene rings is 6. The summed E-state index contributed by atoms with van der Waals surface area (Å²) in [5.74, 6) is 1.81. The molecule has 1 aliphatic carbocycles. The van der Waals surface area contributed by atoms with Gasteiger partial charge in [0.05, 0.1) is 5.41 Å². The smallest absolute Gasteiger partial charge is 0.132 e. The maximum absolute atomic E-state index is 6.68. The van der Waals surface area contributed by atoms with E-state index >= 15 is 0 Å². The lowest BCUT2D eigenvalue weighted by atomic mass is 9.66. The van der Waals surface area contributed by atoms with E-state index in [0.717, 1.165) is 33.2 Å². The zero-order valence-corrected chi connectivity index (χ0v) is 24.0. The fraction of sp³-hybridized carbons (Fsp3) is 0.0513. The van der Waals surface area contributed by atoms with Crippen molar-refractivity contribution in [2.45, 2.75) is 10.8 Å². The third kappa shape index (κ3) is 3.60. The number of rotatable bonds is 3. The Bertz CT molecular complexity index is 2020. The molecular formula is C39H26N2OS. The van der Waals surface area contributed by atoms with Crippen LogP contribution >= 0.6 is 11.8 Å². The van der Waals surface area contributed by atoms with Crippen LogP contribution in [0.5, 0.6) is 11.5 Å². The van der Waals surface area contributed by atoms with Gasteiger partial charge in [0.25, 0.3) is 0 Å². The van der Waals surface area contributed by atoms with Gasteiger partial charge >= 0.3 is 0 Å². The van der Waals surface area contributed by atoms with Crippen molar-refractivity contribution >= 4 is 16.8 Å². The molecule has 1 atom stereocenters. The zero-order valence-electron chi connectivity index (χ0n) is 23.2. The second kappa shape index (κ2) is 9.48. The first-order valence-electron chi connectivity index (χ1n) is 14.6. The maximum Gasteiger partial charge on any atom is 0.132 e. The number of thioether (sulfide) groups is 1. The third-order valence-electron chi connectivity index (χ3n) is 8.93. The number of hydrazone groups is 1. The second-order valence-corrected chi connectivity index (χ2v) is 12.3. The topological polar surface area (TPSA) is 33.6 Å². The number of nitrogens with zero attached hydrogens (tertiary/aromatic N) is 1. The van der Waals surface area contributed by atoms with E-state index in [1.165, 1.54) is 38.9 Å². The van der Waals surface area contributed by atoms with Crippen LogP contribution < -0.4 is 10.2 Å². The Hall–Kier alpha value is -5.06. The van der Waals surface area contributed by atoms with Crippen molar-refractivity contribution in [3.8, 4) is 33.8 Å². The van der Waals surface area contributed by atoms with Gasteiger partial charge in [-0.25, -0.2) is 0 Å². The van der Waals surface area contributed by atoms with Gasteiger partial charge in [-0.15, -0.1) is 0 Å². The van der Waals surface area contributed by atoms with E-state index in [0.29, 0.717) is 0 Å². The lowest BCUT2D eigenvalue weighted by Crippen LogP contribution is -2.32. The number of hydrogen-bond acceptors (Lipinski definition) is 4. The first kappa shape index (κ1) is 24.5. The lowest BCUT2D eigenvalue weighted by molar-refractivity contribution is 0.436. The summed E-state index contributed by atoms with van der Waals surface area (Å²) in [6, 6.07) is 52.0. The summed E-state index contributed by atoms with van der Waals surface area (Å²) in [7, 11) is 0. The molecule has 6 aromatic rings. The van der Waals surface area contributed by atoms with Crippen LogP contribution in [0.4, 0.5) is 0 Å². The second-order valence-electron chi connectivity index (χ2n) is 11.2. The Morgan fingerprint density at radius 1 is 0.535 bits per heavy atom. The van der Waals surface area contributed by atoms with Gasteiger partial charge in [0.15, 0.2) is 0 Å². The predicted molar refractivity (Wildman–Crippen MR) is 176 cm³/mol. The molecule has 0 saturated heterocycles. The summed E-state index contributed by atoms with van der Waals surface area (Å²) in [5, 5.41) is 5.77. The van der Waals surface area contributed by atoms with Crippen LogP contribution in [-0.2, 0) is 5.41 Å². The Kier molecular flexibility index (Phi) is 5.41. The maximum atomic E-state index is 6.68. The molecule has 1 spiro atoms. The highest BCUT2D eigenvalue weighted by atomic mass is 32.2. The van der Waals surface area contributed by atoms with E-state index < -0.39 is 5.41 Å². The molecule has 1 N–H and O–H groups in total. The predicted octanol–water partition coefficient (Wildman–Crippen LogP) is 9.52. The number of fused-ring (bicyclic) bond motifs is 9. The molecule has 3 nitrogen and oxygen atoms in total. The zero-order chi connectivity index (χ0) is 28.4. The number of hydrogen-bond donors (Lipinski definition) is 1.